The highest BCUT2D eigenvalue weighted by atomic mass is 35.5. The van der Waals surface area contributed by atoms with E-state index in [-0.39, 0.29) is 17.6 Å². The second kappa shape index (κ2) is 5.84. The Morgan fingerprint density at radius 2 is 2.29 bits per heavy atom. The number of nitrogens with zero attached hydrogens (tertiary/aromatic N) is 2. The van der Waals surface area contributed by atoms with Crippen LogP contribution < -0.4 is 11.3 Å². The van der Waals surface area contributed by atoms with E-state index in [0.717, 1.165) is 6.42 Å². The first-order valence-electron chi connectivity index (χ1n) is 5.41. The topological polar surface area (TPSA) is 71.2 Å². The van der Waals surface area contributed by atoms with E-state index >= 15 is 0 Å². The van der Waals surface area contributed by atoms with Crippen LogP contribution in [0.5, 0.6) is 0 Å². The van der Waals surface area contributed by atoms with E-state index in [2.05, 4.69) is 10.4 Å². The minimum Gasteiger partial charge on any atom is -0.338 e. The Balaban J connectivity index is 3.02. The van der Waals surface area contributed by atoms with Crippen molar-refractivity contribution in [1.29, 1.82) is 0 Å². The summed E-state index contributed by atoms with van der Waals surface area (Å²) < 4.78 is 0. The molecule has 5 nitrogen and oxygen atoms in total. The lowest BCUT2D eigenvalue weighted by Gasteiger charge is -2.23. The number of halogens is 1. The Morgan fingerprint density at radius 3 is 2.82 bits per heavy atom. The van der Waals surface area contributed by atoms with Crippen LogP contribution in [0.1, 0.15) is 30.8 Å². The molecule has 0 spiro atoms. The molecule has 0 aromatic carbocycles. The first-order valence-corrected chi connectivity index (χ1v) is 5.79. The van der Waals surface area contributed by atoms with Gasteiger partial charge in [0.05, 0.1) is 5.02 Å². The van der Waals surface area contributed by atoms with E-state index in [0.29, 0.717) is 10.8 Å². The first-order chi connectivity index (χ1) is 8.01. The summed E-state index contributed by atoms with van der Waals surface area (Å²) in [7, 11) is 1.73. The molecular weight excluding hydrogens is 240 g/mol. The molecule has 0 aliphatic carbocycles. The number of nitrogens with one attached hydrogen (secondary N) is 1. The molecule has 17 heavy (non-hydrogen) atoms. The summed E-state index contributed by atoms with van der Waals surface area (Å²) in [6.45, 7) is 3.98. The van der Waals surface area contributed by atoms with Crippen molar-refractivity contribution < 1.29 is 4.79 Å². The highest BCUT2D eigenvalue weighted by Crippen LogP contribution is 2.18. The summed E-state index contributed by atoms with van der Waals surface area (Å²) in [5.74, 6) is 5.46. The second-order valence-electron chi connectivity index (χ2n) is 3.84. The summed E-state index contributed by atoms with van der Waals surface area (Å²) in [4.78, 5) is 17.8. The van der Waals surface area contributed by atoms with E-state index in [1.54, 1.807) is 24.1 Å². The molecule has 0 saturated heterocycles. The fourth-order valence-corrected chi connectivity index (χ4v) is 1.50. The number of aromatic nitrogens is 1. The molecule has 1 aromatic rings. The number of hydrogen-bond acceptors (Lipinski definition) is 4. The lowest BCUT2D eigenvalue weighted by atomic mass is 10.2. The van der Waals surface area contributed by atoms with Gasteiger partial charge in [-0.1, -0.05) is 18.5 Å². The van der Waals surface area contributed by atoms with E-state index in [9.17, 15) is 4.79 Å². The molecule has 1 atom stereocenters. The molecule has 94 valence electrons. The number of anilines is 1. The highest BCUT2D eigenvalue weighted by molar-refractivity contribution is 6.33. The molecule has 0 saturated carbocycles. The molecule has 3 N–H and O–H groups in total. The van der Waals surface area contributed by atoms with Crippen molar-refractivity contribution in [2.45, 2.75) is 26.3 Å². The fourth-order valence-electron chi connectivity index (χ4n) is 1.31. The minimum absolute atomic E-state index is 0.134. The fraction of sp³-hybridized carbons (Fsp3) is 0.455. The monoisotopic (exact) mass is 256 g/mol. The normalized spacial score (nSPS) is 12.1. The zero-order valence-corrected chi connectivity index (χ0v) is 11.0. The quantitative estimate of drug-likeness (QED) is 0.638. The van der Waals surface area contributed by atoms with Crippen LogP contribution in [0.2, 0.25) is 5.02 Å². The van der Waals surface area contributed by atoms with Gasteiger partial charge in [-0.3, -0.25) is 4.79 Å². The smallest absolute Gasteiger partial charge is 0.274 e. The summed E-state index contributed by atoms with van der Waals surface area (Å²) in [5.41, 5.74) is 2.60. The van der Waals surface area contributed by atoms with E-state index in [1.165, 1.54) is 0 Å². The van der Waals surface area contributed by atoms with E-state index in [1.807, 2.05) is 13.8 Å². The van der Waals surface area contributed by atoms with Gasteiger partial charge in [-0.25, -0.2) is 10.8 Å². The van der Waals surface area contributed by atoms with Gasteiger partial charge in [-0.2, -0.15) is 0 Å². The Kier molecular flexibility index (Phi) is 4.72. The lowest BCUT2D eigenvalue weighted by Crippen LogP contribution is -2.35. The largest absolute Gasteiger partial charge is 0.338 e. The molecule has 1 aromatic heterocycles. The molecule has 1 heterocycles. The Bertz CT molecular complexity index is 410. The molecule has 0 aliphatic rings. The lowest BCUT2D eigenvalue weighted by molar-refractivity contribution is 0.0735. The van der Waals surface area contributed by atoms with Gasteiger partial charge < -0.3 is 10.3 Å². The van der Waals surface area contributed by atoms with Gasteiger partial charge in [0.15, 0.2) is 0 Å². The van der Waals surface area contributed by atoms with Crippen molar-refractivity contribution in [2.24, 2.45) is 5.84 Å². The molecular formula is C11H17ClN4O. The summed E-state index contributed by atoms with van der Waals surface area (Å²) in [6, 6.07) is 3.35. The van der Waals surface area contributed by atoms with Crippen molar-refractivity contribution in [2.75, 3.05) is 12.5 Å². The number of pyridine rings is 1. The number of rotatable bonds is 4. The van der Waals surface area contributed by atoms with Crippen LogP contribution >= 0.6 is 11.6 Å². The Hall–Kier alpha value is -1.33. The highest BCUT2D eigenvalue weighted by Gasteiger charge is 2.20. The molecule has 0 radical (unpaired) electrons. The number of hydrazine groups is 1. The summed E-state index contributed by atoms with van der Waals surface area (Å²) in [5, 5.41) is 0.323. The van der Waals surface area contributed by atoms with Crippen LogP contribution in [-0.4, -0.2) is 28.9 Å². The van der Waals surface area contributed by atoms with Crippen molar-refractivity contribution >= 4 is 23.3 Å². The third kappa shape index (κ3) is 3.08. The van der Waals surface area contributed by atoms with Gasteiger partial charge in [-0.15, -0.1) is 0 Å². The molecule has 1 amide bonds. The number of nitrogens with two attached hydrogens (primary N) is 1. The van der Waals surface area contributed by atoms with E-state index in [4.69, 9.17) is 17.4 Å². The van der Waals surface area contributed by atoms with Crippen molar-refractivity contribution in [3.8, 4) is 0 Å². The predicted molar refractivity (Wildman–Crippen MR) is 68.9 cm³/mol. The summed E-state index contributed by atoms with van der Waals surface area (Å²) >= 11 is 5.96. The zero-order chi connectivity index (χ0) is 13.0. The third-order valence-corrected chi connectivity index (χ3v) is 3.07. The van der Waals surface area contributed by atoms with Gasteiger partial charge >= 0.3 is 0 Å². The van der Waals surface area contributed by atoms with Gasteiger partial charge in [0.25, 0.3) is 5.91 Å². The van der Waals surface area contributed by atoms with Crippen molar-refractivity contribution in [3.63, 3.8) is 0 Å². The van der Waals surface area contributed by atoms with Gasteiger partial charge in [0.1, 0.15) is 11.5 Å². The Morgan fingerprint density at radius 1 is 1.65 bits per heavy atom. The molecule has 0 bridgehead atoms. The molecule has 0 aliphatic heterocycles. The van der Waals surface area contributed by atoms with Crippen molar-refractivity contribution in [3.05, 3.63) is 22.8 Å². The second-order valence-corrected chi connectivity index (χ2v) is 4.25. The molecule has 1 unspecified atom stereocenters. The average Bonchev–Trinajstić information content (AvgIpc) is 2.36. The maximum absolute atomic E-state index is 12.1. The van der Waals surface area contributed by atoms with Crippen LogP contribution in [0, 0.1) is 0 Å². The number of nitrogen functional groups attached to an aromatic ring is 1. The number of carbonyl (C=O) groups is 1. The molecule has 6 heteroatoms. The summed E-state index contributed by atoms with van der Waals surface area (Å²) in [6.07, 6.45) is 0.870. The van der Waals surface area contributed by atoms with Crippen LogP contribution in [0.4, 0.5) is 5.82 Å². The average molecular weight is 257 g/mol. The van der Waals surface area contributed by atoms with Gasteiger partial charge in [0.2, 0.25) is 0 Å². The van der Waals surface area contributed by atoms with E-state index < -0.39 is 0 Å². The maximum atomic E-state index is 12.1. The molecule has 1 rings (SSSR count). The molecule has 0 fully saturated rings. The van der Waals surface area contributed by atoms with Gasteiger partial charge in [-0.05, 0) is 25.5 Å². The SMILES string of the molecule is CCC(C)N(C)C(=O)c1nc(NN)ccc1Cl. The van der Waals surface area contributed by atoms with Gasteiger partial charge in [0, 0.05) is 13.1 Å². The number of amides is 1. The first kappa shape index (κ1) is 13.7. The predicted octanol–water partition coefficient (Wildman–Crippen LogP) is 1.89. The Labute approximate surface area is 106 Å². The number of carbonyl (C=O) groups excluding carboxylic acids is 1. The third-order valence-electron chi connectivity index (χ3n) is 2.77. The maximum Gasteiger partial charge on any atom is 0.274 e. The van der Waals surface area contributed by atoms with Crippen molar-refractivity contribution in [1.82, 2.24) is 9.88 Å². The number of hydrogen-bond donors (Lipinski definition) is 2. The van der Waals surface area contributed by atoms with Crippen LogP contribution in [0.15, 0.2) is 12.1 Å². The minimum atomic E-state index is -0.207. The van der Waals surface area contributed by atoms with Crippen LogP contribution in [-0.2, 0) is 0 Å². The van der Waals surface area contributed by atoms with Crippen LogP contribution in [0.25, 0.3) is 0 Å². The standard InChI is InChI=1S/C11H17ClN4O/c1-4-7(2)16(3)11(17)10-8(12)5-6-9(14-10)15-13/h5-7H,4,13H2,1-3H3,(H,14,15). The zero-order valence-electron chi connectivity index (χ0n) is 10.2. The van der Waals surface area contributed by atoms with Crippen LogP contribution in [0.3, 0.4) is 0 Å².